The fraction of sp³-hybridized carbons (Fsp3) is 0.222. The van der Waals surface area contributed by atoms with Crippen LogP contribution in [0.25, 0.3) is 10.9 Å². The van der Waals surface area contributed by atoms with Crippen molar-refractivity contribution in [2.45, 2.75) is 19.4 Å². The number of nitrogens with zero attached hydrogens (tertiary/aromatic N) is 1. The Morgan fingerprint density at radius 1 is 1.09 bits per heavy atom. The first-order valence-corrected chi connectivity index (χ1v) is 7.78. The van der Waals surface area contributed by atoms with Crippen molar-refractivity contribution in [3.8, 4) is 0 Å². The van der Waals surface area contributed by atoms with E-state index in [0.717, 1.165) is 18.4 Å². The van der Waals surface area contributed by atoms with Crippen molar-refractivity contribution < 1.29 is 4.39 Å². The standard InChI is InChI=1S/C18H18ClFN2/c19-16-7-3-8-17(20)15(16)12-22-11-13(5-4-10-21)14-6-1-2-9-18(14)22/h1-3,6-9,11H,4-5,10,12,21H2. The number of hydrogen-bond donors (Lipinski definition) is 1. The highest BCUT2D eigenvalue weighted by Gasteiger charge is 2.12. The number of halogens is 2. The molecule has 3 aromatic rings. The lowest BCUT2D eigenvalue weighted by molar-refractivity contribution is 0.602. The summed E-state index contributed by atoms with van der Waals surface area (Å²) in [4.78, 5) is 0. The monoisotopic (exact) mass is 316 g/mol. The summed E-state index contributed by atoms with van der Waals surface area (Å²) in [7, 11) is 0. The van der Waals surface area contributed by atoms with Crippen molar-refractivity contribution in [2.75, 3.05) is 6.54 Å². The third-order valence-electron chi connectivity index (χ3n) is 3.91. The van der Waals surface area contributed by atoms with Gasteiger partial charge in [0.05, 0.1) is 6.54 Å². The molecule has 1 aromatic heterocycles. The van der Waals surface area contributed by atoms with Crippen molar-refractivity contribution in [1.29, 1.82) is 0 Å². The molecule has 0 aliphatic carbocycles. The number of aryl methyl sites for hydroxylation is 1. The normalized spacial score (nSPS) is 11.2. The zero-order valence-corrected chi connectivity index (χ0v) is 13.0. The maximum Gasteiger partial charge on any atom is 0.129 e. The molecule has 0 amide bonds. The van der Waals surface area contributed by atoms with E-state index in [1.165, 1.54) is 17.0 Å². The van der Waals surface area contributed by atoms with Crippen LogP contribution in [0.5, 0.6) is 0 Å². The molecular weight excluding hydrogens is 299 g/mol. The molecule has 3 rings (SSSR count). The van der Waals surface area contributed by atoms with Gasteiger partial charge in [-0.1, -0.05) is 35.9 Å². The van der Waals surface area contributed by atoms with Crippen molar-refractivity contribution in [3.63, 3.8) is 0 Å². The summed E-state index contributed by atoms with van der Waals surface area (Å²) in [5.41, 5.74) is 8.48. The van der Waals surface area contributed by atoms with Gasteiger partial charge in [0.1, 0.15) is 5.82 Å². The molecule has 4 heteroatoms. The number of rotatable bonds is 5. The Morgan fingerprint density at radius 2 is 1.91 bits per heavy atom. The molecule has 2 nitrogen and oxygen atoms in total. The maximum absolute atomic E-state index is 14.0. The summed E-state index contributed by atoms with van der Waals surface area (Å²) in [5.74, 6) is -0.270. The van der Waals surface area contributed by atoms with Gasteiger partial charge in [0.15, 0.2) is 0 Å². The van der Waals surface area contributed by atoms with Gasteiger partial charge in [-0.05, 0) is 43.1 Å². The first-order valence-electron chi connectivity index (χ1n) is 7.40. The Bertz CT molecular complexity index is 775. The SMILES string of the molecule is NCCCc1cn(Cc2c(F)cccc2Cl)c2ccccc12. The van der Waals surface area contributed by atoms with Crippen LogP contribution in [0.1, 0.15) is 17.5 Å². The zero-order valence-electron chi connectivity index (χ0n) is 12.2. The van der Waals surface area contributed by atoms with Gasteiger partial charge in [-0.25, -0.2) is 4.39 Å². The van der Waals surface area contributed by atoms with Crippen LogP contribution < -0.4 is 5.73 Å². The average molecular weight is 317 g/mol. The lowest BCUT2D eigenvalue weighted by Gasteiger charge is -2.08. The second-order valence-corrected chi connectivity index (χ2v) is 5.80. The van der Waals surface area contributed by atoms with E-state index >= 15 is 0 Å². The highest BCUT2D eigenvalue weighted by atomic mass is 35.5. The molecule has 0 fully saturated rings. The Morgan fingerprint density at radius 3 is 2.68 bits per heavy atom. The van der Waals surface area contributed by atoms with Crippen LogP contribution in [0.4, 0.5) is 4.39 Å². The topological polar surface area (TPSA) is 30.9 Å². The van der Waals surface area contributed by atoms with Gasteiger partial charge < -0.3 is 10.3 Å². The number of benzene rings is 2. The lowest BCUT2D eigenvalue weighted by atomic mass is 10.1. The Balaban J connectivity index is 2.04. The van der Waals surface area contributed by atoms with E-state index < -0.39 is 0 Å². The Kier molecular flexibility index (Phi) is 4.46. The summed E-state index contributed by atoms with van der Waals surface area (Å²) >= 11 is 6.15. The highest BCUT2D eigenvalue weighted by Crippen LogP contribution is 2.26. The molecule has 0 aliphatic rings. The minimum atomic E-state index is -0.270. The van der Waals surface area contributed by atoms with E-state index in [9.17, 15) is 4.39 Å². The van der Waals surface area contributed by atoms with Crippen molar-refractivity contribution in [3.05, 3.63) is 70.6 Å². The summed E-state index contributed by atoms with van der Waals surface area (Å²) in [6.45, 7) is 1.09. The van der Waals surface area contributed by atoms with Gasteiger partial charge in [-0.3, -0.25) is 0 Å². The van der Waals surface area contributed by atoms with E-state index in [1.807, 2.05) is 12.1 Å². The Hall–Kier alpha value is -1.84. The second-order valence-electron chi connectivity index (χ2n) is 5.39. The zero-order chi connectivity index (χ0) is 15.5. The molecule has 0 unspecified atom stereocenters. The molecule has 0 saturated carbocycles. The molecule has 0 bridgehead atoms. The molecule has 114 valence electrons. The van der Waals surface area contributed by atoms with Gasteiger partial charge in [0.25, 0.3) is 0 Å². The van der Waals surface area contributed by atoms with E-state index in [4.69, 9.17) is 17.3 Å². The van der Waals surface area contributed by atoms with E-state index in [0.29, 0.717) is 23.7 Å². The maximum atomic E-state index is 14.0. The first-order chi connectivity index (χ1) is 10.7. The molecular formula is C18H18ClFN2. The van der Waals surface area contributed by atoms with Gasteiger partial charge in [0, 0.05) is 27.7 Å². The summed E-state index contributed by atoms with van der Waals surface area (Å²) in [5, 5.41) is 1.66. The van der Waals surface area contributed by atoms with Gasteiger partial charge in [-0.15, -0.1) is 0 Å². The molecule has 22 heavy (non-hydrogen) atoms. The molecule has 0 aliphatic heterocycles. The number of nitrogens with two attached hydrogens (primary N) is 1. The van der Waals surface area contributed by atoms with Crippen LogP contribution in [0.3, 0.4) is 0 Å². The van der Waals surface area contributed by atoms with Crippen molar-refractivity contribution in [1.82, 2.24) is 4.57 Å². The first kappa shape index (κ1) is 15.1. The van der Waals surface area contributed by atoms with Crippen LogP contribution >= 0.6 is 11.6 Å². The molecule has 0 atom stereocenters. The van der Waals surface area contributed by atoms with Crippen molar-refractivity contribution >= 4 is 22.5 Å². The van der Waals surface area contributed by atoms with Crippen LogP contribution in [0.15, 0.2) is 48.7 Å². The van der Waals surface area contributed by atoms with E-state index in [2.05, 4.69) is 22.9 Å². The number of para-hydroxylation sites is 1. The molecule has 2 aromatic carbocycles. The van der Waals surface area contributed by atoms with Crippen molar-refractivity contribution in [2.24, 2.45) is 5.73 Å². The predicted octanol–water partition coefficient (Wildman–Crippen LogP) is 4.37. The molecule has 0 spiro atoms. The van der Waals surface area contributed by atoms with Crippen LogP contribution in [-0.4, -0.2) is 11.1 Å². The minimum absolute atomic E-state index is 0.270. The van der Waals surface area contributed by atoms with E-state index in [1.54, 1.807) is 12.1 Å². The van der Waals surface area contributed by atoms with Crippen LogP contribution in [0.2, 0.25) is 5.02 Å². The largest absolute Gasteiger partial charge is 0.343 e. The van der Waals surface area contributed by atoms with Crippen LogP contribution in [0, 0.1) is 5.82 Å². The second kappa shape index (κ2) is 6.51. The van der Waals surface area contributed by atoms with Gasteiger partial charge >= 0.3 is 0 Å². The fourth-order valence-electron chi connectivity index (χ4n) is 2.80. The molecule has 2 N–H and O–H groups in total. The van der Waals surface area contributed by atoms with Gasteiger partial charge in [-0.2, -0.15) is 0 Å². The Labute approximate surface area is 134 Å². The highest BCUT2D eigenvalue weighted by molar-refractivity contribution is 6.31. The molecule has 0 saturated heterocycles. The number of fused-ring (bicyclic) bond motifs is 1. The lowest BCUT2D eigenvalue weighted by Crippen LogP contribution is -2.02. The quantitative estimate of drug-likeness (QED) is 0.744. The van der Waals surface area contributed by atoms with Gasteiger partial charge in [0.2, 0.25) is 0 Å². The van der Waals surface area contributed by atoms with E-state index in [-0.39, 0.29) is 5.82 Å². The summed E-state index contributed by atoms with van der Waals surface area (Å²) in [6, 6.07) is 13.0. The average Bonchev–Trinajstić information content (AvgIpc) is 2.87. The minimum Gasteiger partial charge on any atom is -0.343 e. The molecule has 1 heterocycles. The third-order valence-corrected chi connectivity index (χ3v) is 4.27. The smallest absolute Gasteiger partial charge is 0.129 e. The fourth-order valence-corrected chi connectivity index (χ4v) is 3.02. The summed E-state index contributed by atoms with van der Waals surface area (Å²) in [6.07, 6.45) is 3.95. The number of hydrogen-bond acceptors (Lipinski definition) is 1. The number of aromatic nitrogens is 1. The molecule has 0 radical (unpaired) electrons. The summed E-state index contributed by atoms with van der Waals surface area (Å²) < 4.78 is 16.1. The predicted molar refractivity (Wildman–Crippen MR) is 89.8 cm³/mol. The van der Waals surface area contributed by atoms with Crippen LogP contribution in [-0.2, 0) is 13.0 Å². The third kappa shape index (κ3) is 2.87.